The third-order valence-corrected chi connectivity index (χ3v) is 4.29. The van der Waals surface area contributed by atoms with Crippen LogP contribution in [-0.4, -0.2) is 32.7 Å². The van der Waals surface area contributed by atoms with Gasteiger partial charge in [-0.3, -0.25) is 4.79 Å². The van der Waals surface area contributed by atoms with Crippen LogP contribution < -0.4 is 5.32 Å². The zero-order valence-corrected chi connectivity index (χ0v) is 15.3. The number of sulfone groups is 1. The molecule has 0 aliphatic carbocycles. The molecule has 0 aromatic heterocycles. The molecule has 0 aliphatic rings. The molecule has 0 saturated heterocycles. The Morgan fingerprint density at radius 1 is 1.15 bits per heavy atom. The van der Waals surface area contributed by atoms with Crippen LogP contribution >= 0.6 is 0 Å². The van der Waals surface area contributed by atoms with Crippen molar-refractivity contribution in [3.05, 3.63) is 65.2 Å². The van der Waals surface area contributed by atoms with E-state index < -0.39 is 39.5 Å². The molecule has 0 aliphatic heterocycles. The minimum atomic E-state index is -3.28. The first-order valence-corrected chi connectivity index (χ1v) is 9.85. The molecule has 27 heavy (non-hydrogen) atoms. The number of benzene rings is 2. The Balaban J connectivity index is 2.04. The molecule has 2 rings (SSSR count). The predicted octanol–water partition coefficient (Wildman–Crippen LogP) is 2.69. The Kier molecular flexibility index (Phi) is 6.27. The van der Waals surface area contributed by atoms with Gasteiger partial charge in [0.15, 0.2) is 15.9 Å². The van der Waals surface area contributed by atoms with Gasteiger partial charge in [0.25, 0.3) is 5.91 Å². The highest BCUT2D eigenvalue weighted by atomic mass is 32.2. The summed E-state index contributed by atoms with van der Waals surface area (Å²) in [5.41, 5.74) is 0.223. The van der Waals surface area contributed by atoms with Gasteiger partial charge in [0.2, 0.25) is 0 Å². The topological polar surface area (TPSA) is 89.5 Å². The number of carbonyl (C=O) groups excluding carboxylic acids is 2. The van der Waals surface area contributed by atoms with Gasteiger partial charge in [-0.2, -0.15) is 0 Å². The summed E-state index contributed by atoms with van der Waals surface area (Å²) in [4.78, 5) is 24.2. The molecule has 144 valence electrons. The van der Waals surface area contributed by atoms with Crippen LogP contribution in [0, 0.1) is 11.6 Å². The number of amides is 1. The van der Waals surface area contributed by atoms with Gasteiger partial charge in [0.1, 0.15) is 11.6 Å². The van der Waals surface area contributed by atoms with E-state index in [1.165, 1.54) is 25.1 Å². The first-order valence-electron chi connectivity index (χ1n) is 7.79. The number of esters is 1. The Morgan fingerprint density at radius 2 is 1.85 bits per heavy atom. The van der Waals surface area contributed by atoms with Crippen LogP contribution in [0.3, 0.4) is 0 Å². The van der Waals surface area contributed by atoms with Crippen molar-refractivity contribution in [2.45, 2.75) is 18.8 Å². The van der Waals surface area contributed by atoms with Crippen LogP contribution in [0.2, 0.25) is 0 Å². The van der Waals surface area contributed by atoms with Crippen LogP contribution in [0.25, 0.3) is 0 Å². The lowest BCUT2D eigenvalue weighted by molar-refractivity contribution is -0.123. The first-order chi connectivity index (χ1) is 12.5. The van der Waals surface area contributed by atoms with Crippen molar-refractivity contribution in [1.29, 1.82) is 0 Å². The Bertz CT molecular complexity index is 975. The van der Waals surface area contributed by atoms with Gasteiger partial charge < -0.3 is 10.1 Å². The van der Waals surface area contributed by atoms with E-state index in [4.69, 9.17) is 4.74 Å². The number of nitrogens with one attached hydrogen (secondary N) is 1. The monoisotopic (exact) mass is 397 g/mol. The number of carbonyl (C=O) groups is 2. The predicted molar refractivity (Wildman–Crippen MR) is 94.9 cm³/mol. The van der Waals surface area contributed by atoms with Crippen molar-refractivity contribution in [2.24, 2.45) is 0 Å². The lowest BCUT2D eigenvalue weighted by atomic mass is 10.1. The van der Waals surface area contributed by atoms with Crippen LogP contribution in [-0.2, 0) is 25.1 Å². The van der Waals surface area contributed by atoms with Crippen molar-refractivity contribution >= 4 is 27.4 Å². The molecule has 0 fully saturated rings. The van der Waals surface area contributed by atoms with Gasteiger partial charge in [-0.1, -0.05) is 12.1 Å². The Morgan fingerprint density at radius 3 is 2.48 bits per heavy atom. The highest BCUT2D eigenvalue weighted by molar-refractivity contribution is 7.89. The van der Waals surface area contributed by atoms with Gasteiger partial charge in [-0.25, -0.2) is 22.0 Å². The Labute approximate surface area is 155 Å². The number of rotatable bonds is 6. The van der Waals surface area contributed by atoms with Gasteiger partial charge >= 0.3 is 5.97 Å². The minimum Gasteiger partial charge on any atom is -0.449 e. The zero-order chi connectivity index (χ0) is 20.2. The zero-order valence-electron chi connectivity index (χ0n) is 14.5. The molecular weight excluding hydrogens is 380 g/mol. The molecule has 2 aromatic carbocycles. The number of hydrogen-bond donors (Lipinski definition) is 1. The number of ether oxygens (including phenoxy) is 1. The lowest BCUT2D eigenvalue weighted by Crippen LogP contribution is -2.30. The molecule has 6 nitrogen and oxygen atoms in total. The summed E-state index contributed by atoms with van der Waals surface area (Å²) in [5.74, 6) is -3.64. The SMILES string of the molecule is C[C@@H](OC(=O)c1cccc(CS(C)(=O)=O)c1)C(=O)Nc1ccc(F)cc1F. The molecule has 0 bridgehead atoms. The fourth-order valence-electron chi connectivity index (χ4n) is 2.20. The van der Waals surface area contributed by atoms with Crippen LogP contribution in [0.1, 0.15) is 22.8 Å². The maximum Gasteiger partial charge on any atom is 0.338 e. The van der Waals surface area contributed by atoms with Crippen molar-refractivity contribution < 1.29 is 31.5 Å². The Hall–Kier alpha value is -2.81. The van der Waals surface area contributed by atoms with E-state index >= 15 is 0 Å². The summed E-state index contributed by atoms with van der Waals surface area (Å²) in [6, 6.07) is 8.45. The first kappa shape index (κ1) is 20.5. The van der Waals surface area contributed by atoms with E-state index in [2.05, 4.69) is 5.32 Å². The fraction of sp³-hybridized carbons (Fsp3) is 0.222. The van der Waals surface area contributed by atoms with Gasteiger partial charge in [-0.15, -0.1) is 0 Å². The molecule has 2 aromatic rings. The highest BCUT2D eigenvalue weighted by Crippen LogP contribution is 2.16. The van der Waals surface area contributed by atoms with Gasteiger partial charge in [0.05, 0.1) is 17.0 Å². The van der Waals surface area contributed by atoms with E-state index in [0.29, 0.717) is 11.6 Å². The van der Waals surface area contributed by atoms with Gasteiger partial charge in [0, 0.05) is 12.3 Å². The maximum atomic E-state index is 13.6. The van der Waals surface area contributed by atoms with Crippen molar-refractivity contribution in [2.75, 3.05) is 11.6 Å². The van der Waals surface area contributed by atoms with Crippen molar-refractivity contribution in [1.82, 2.24) is 0 Å². The largest absolute Gasteiger partial charge is 0.449 e. The molecule has 0 spiro atoms. The van der Waals surface area contributed by atoms with Gasteiger partial charge in [-0.05, 0) is 36.8 Å². The average Bonchev–Trinajstić information content (AvgIpc) is 2.55. The second kappa shape index (κ2) is 8.26. The number of halogens is 2. The normalized spacial score (nSPS) is 12.3. The third kappa shape index (κ3) is 6.14. The van der Waals surface area contributed by atoms with Crippen LogP contribution in [0.5, 0.6) is 0 Å². The lowest BCUT2D eigenvalue weighted by Gasteiger charge is -2.14. The molecule has 0 saturated carbocycles. The van der Waals surface area contributed by atoms with E-state index in [9.17, 15) is 26.8 Å². The third-order valence-electron chi connectivity index (χ3n) is 3.43. The van der Waals surface area contributed by atoms with E-state index in [-0.39, 0.29) is 17.0 Å². The molecular formula is C18H17F2NO5S. The summed E-state index contributed by atoms with van der Waals surface area (Å²) in [6.45, 7) is 1.29. The second-order valence-electron chi connectivity index (χ2n) is 5.93. The maximum absolute atomic E-state index is 13.6. The molecule has 0 heterocycles. The number of hydrogen-bond acceptors (Lipinski definition) is 5. The van der Waals surface area contributed by atoms with E-state index in [1.807, 2.05) is 0 Å². The summed E-state index contributed by atoms with van der Waals surface area (Å²) >= 11 is 0. The van der Waals surface area contributed by atoms with Crippen LogP contribution in [0.4, 0.5) is 14.5 Å². The fourth-order valence-corrected chi connectivity index (χ4v) is 2.98. The second-order valence-corrected chi connectivity index (χ2v) is 8.07. The van der Waals surface area contributed by atoms with E-state index in [0.717, 1.165) is 18.4 Å². The standard InChI is InChI=1S/C18H17F2NO5S/c1-11(17(22)21-16-7-6-14(19)9-15(16)20)26-18(23)13-5-3-4-12(8-13)10-27(2,24)25/h3-9,11H,10H2,1-2H3,(H,21,22)/t11-/m1/s1. The van der Waals surface area contributed by atoms with Crippen LogP contribution in [0.15, 0.2) is 42.5 Å². The summed E-state index contributed by atoms with van der Waals surface area (Å²) in [6.07, 6.45) is -0.195. The highest BCUT2D eigenvalue weighted by Gasteiger charge is 2.20. The molecule has 0 unspecified atom stereocenters. The molecule has 1 atom stereocenters. The smallest absolute Gasteiger partial charge is 0.338 e. The molecule has 9 heteroatoms. The van der Waals surface area contributed by atoms with Crippen molar-refractivity contribution in [3.8, 4) is 0 Å². The van der Waals surface area contributed by atoms with Crippen molar-refractivity contribution in [3.63, 3.8) is 0 Å². The number of anilines is 1. The summed E-state index contributed by atoms with van der Waals surface area (Å²) in [7, 11) is -3.28. The van der Waals surface area contributed by atoms with E-state index in [1.54, 1.807) is 6.07 Å². The minimum absolute atomic E-state index is 0.0729. The molecule has 1 amide bonds. The molecule has 0 radical (unpaired) electrons. The average molecular weight is 397 g/mol. The summed E-state index contributed by atoms with van der Waals surface area (Å²) in [5, 5.41) is 2.20. The summed E-state index contributed by atoms with van der Waals surface area (Å²) < 4.78 is 54.2. The quantitative estimate of drug-likeness (QED) is 0.757. The molecule has 1 N–H and O–H groups in total.